The molecule has 4 saturated carbocycles. The number of hydrogen-bond donors (Lipinski definition) is 0. The summed E-state index contributed by atoms with van der Waals surface area (Å²) in [6.45, 7) is 13.0. The number of benzene rings is 2. The molecule has 4 nitrogen and oxygen atoms in total. The summed E-state index contributed by atoms with van der Waals surface area (Å²) < 4.78 is 12.5. The van der Waals surface area contributed by atoms with E-state index < -0.39 is 0 Å². The van der Waals surface area contributed by atoms with Crippen LogP contribution < -0.4 is 0 Å². The van der Waals surface area contributed by atoms with E-state index in [9.17, 15) is 9.59 Å². The lowest BCUT2D eigenvalue weighted by molar-refractivity contribution is -0.0891. The van der Waals surface area contributed by atoms with Crippen LogP contribution in [0.25, 0.3) is 0 Å². The van der Waals surface area contributed by atoms with E-state index in [1.807, 2.05) is 48.5 Å². The summed E-state index contributed by atoms with van der Waals surface area (Å²) in [5, 5.41) is 0. The molecule has 202 valence electrons. The van der Waals surface area contributed by atoms with Gasteiger partial charge in [-0.3, -0.25) is 0 Å². The van der Waals surface area contributed by atoms with Crippen molar-refractivity contribution in [3.05, 3.63) is 70.8 Å². The van der Waals surface area contributed by atoms with Gasteiger partial charge in [-0.05, 0) is 95.6 Å². The predicted octanol–water partition coefficient (Wildman–Crippen LogP) is 7.34. The van der Waals surface area contributed by atoms with Crippen molar-refractivity contribution in [2.45, 2.75) is 90.3 Å². The Balaban J connectivity index is 1.23. The molecule has 4 heteroatoms. The number of hydrogen-bond acceptors (Lipinski definition) is 4. The fraction of sp³-hybridized carbons (Fsp3) is 0.588. The number of fused-ring (bicyclic) bond motifs is 9. The molecule has 0 radical (unpaired) electrons. The van der Waals surface area contributed by atoms with Crippen LogP contribution >= 0.6 is 0 Å². The number of carbonyl (C=O) groups is 2. The number of carbonyl (C=O) groups excluding carboxylic acids is 2. The smallest absolute Gasteiger partial charge is 0.338 e. The molecule has 2 aromatic rings. The van der Waals surface area contributed by atoms with Gasteiger partial charge in [0, 0.05) is 11.8 Å². The molecule has 4 aliphatic carbocycles. The van der Waals surface area contributed by atoms with Crippen molar-refractivity contribution in [2.75, 3.05) is 0 Å². The molecule has 38 heavy (non-hydrogen) atoms. The molecule has 0 aliphatic heterocycles. The van der Waals surface area contributed by atoms with E-state index in [4.69, 9.17) is 9.47 Å². The zero-order chi connectivity index (χ0) is 27.0. The standard InChI is InChI=1S/C34H42O4/c1-33(2,3)23-13-9-19(10-14-23)31(35)37-29-25-18-26(28-22-8-7-21(17-22)27(25)28)30(29)38-32(36)20-11-15-24(16-12-20)34(4,5)6/h9-16,21-22,25-30H,7-8,17-18H2,1-6H3. The Morgan fingerprint density at radius 3 is 1.32 bits per heavy atom. The SMILES string of the molecule is CC(C)(C)c1ccc(C(=O)OC2C3CC(C2OC(=O)c2ccc(C(C)(C)C)cc2)C2C4CCC(C4)C32)cc1. The molecule has 4 bridgehead atoms. The molecule has 0 spiro atoms. The Kier molecular flexibility index (Phi) is 6.05. The highest BCUT2D eigenvalue weighted by molar-refractivity contribution is 5.90. The summed E-state index contributed by atoms with van der Waals surface area (Å²) >= 11 is 0. The van der Waals surface area contributed by atoms with Gasteiger partial charge in [0.1, 0.15) is 12.2 Å². The van der Waals surface area contributed by atoms with E-state index in [0.717, 1.165) is 18.3 Å². The van der Waals surface area contributed by atoms with Crippen LogP contribution in [-0.4, -0.2) is 24.1 Å². The van der Waals surface area contributed by atoms with Gasteiger partial charge in [0.25, 0.3) is 0 Å². The maximum Gasteiger partial charge on any atom is 0.338 e. The molecule has 4 aliphatic rings. The number of esters is 2. The molecule has 0 amide bonds. The molecule has 0 heterocycles. The molecule has 8 atom stereocenters. The topological polar surface area (TPSA) is 52.6 Å². The Morgan fingerprint density at radius 2 is 0.974 bits per heavy atom. The quantitative estimate of drug-likeness (QED) is 0.316. The highest BCUT2D eigenvalue weighted by Crippen LogP contribution is 2.68. The Bertz CT molecular complexity index is 1120. The van der Waals surface area contributed by atoms with E-state index in [-0.39, 0.29) is 35.0 Å². The molecule has 6 rings (SSSR count). The maximum atomic E-state index is 13.4. The van der Waals surface area contributed by atoms with Crippen LogP contribution in [0.3, 0.4) is 0 Å². The van der Waals surface area contributed by atoms with Crippen LogP contribution in [0.2, 0.25) is 0 Å². The number of rotatable bonds is 4. The normalized spacial score (nSPS) is 33.3. The van der Waals surface area contributed by atoms with Crippen molar-refractivity contribution in [1.29, 1.82) is 0 Å². The molecule has 0 aromatic heterocycles. The summed E-state index contributed by atoms with van der Waals surface area (Å²) in [5.41, 5.74) is 3.54. The van der Waals surface area contributed by atoms with Gasteiger partial charge in [-0.2, -0.15) is 0 Å². The van der Waals surface area contributed by atoms with Gasteiger partial charge in [-0.15, -0.1) is 0 Å². The minimum Gasteiger partial charge on any atom is -0.455 e. The van der Waals surface area contributed by atoms with E-state index in [0.29, 0.717) is 34.8 Å². The highest BCUT2D eigenvalue weighted by Gasteiger charge is 2.68. The van der Waals surface area contributed by atoms with Crippen molar-refractivity contribution in [3.8, 4) is 0 Å². The molecule has 2 aromatic carbocycles. The van der Waals surface area contributed by atoms with Gasteiger partial charge in [0.15, 0.2) is 0 Å². The van der Waals surface area contributed by atoms with Gasteiger partial charge in [-0.1, -0.05) is 65.8 Å². The number of ether oxygens (including phenoxy) is 2. The van der Waals surface area contributed by atoms with Crippen LogP contribution in [0, 0.1) is 35.5 Å². The molecule has 4 fully saturated rings. The highest BCUT2D eigenvalue weighted by atomic mass is 16.6. The molecular weight excluding hydrogens is 472 g/mol. The largest absolute Gasteiger partial charge is 0.455 e. The zero-order valence-corrected chi connectivity index (χ0v) is 23.7. The summed E-state index contributed by atoms with van der Waals surface area (Å²) in [6, 6.07) is 15.5. The minimum absolute atomic E-state index is 0.0220. The van der Waals surface area contributed by atoms with E-state index in [1.165, 1.54) is 30.4 Å². The lowest BCUT2D eigenvalue weighted by atomic mass is 9.69. The van der Waals surface area contributed by atoms with Crippen molar-refractivity contribution >= 4 is 11.9 Å². The third kappa shape index (κ3) is 4.28. The predicted molar refractivity (Wildman–Crippen MR) is 148 cm³/mol. The van der Waals surface area contributed by atoms with Gasteiger partial charge in [0.2, 0.25) is 0 Å². The summed E-state index contributed by atoms with van der Waals surface area (Å²) in [4.78, 5) is 26.7. The summed E-state index contributed by atoms with van der Waals surface area (Å²) in [5.74, 6) is 2.68. The first-order valence-electron chi connectivity index (χ1n) is 14.5. The summed E-state index contributed by atoms with van der Waals surface area (Å²) in [7, 11) is 0. The average Bonchev–Trinajstić information content (AvgIpc) is 3.64. The Labute approximate surface area is 227 Å². The van der Waals surface area contributed by atoms with E-state index in [1.54, 1.807) is 0 Å². The van der Waals surface area contributed by atoms with Crippen molar-refractivity contribution in [2.24, 2.45) is 35.5 Å². The van der Waals surface area contributed by atoms with Gasteiger partial charge >= 0.3 is 11.9 Å². The van der Waals surface area contributed by atoms with Crippen LogP contribution in [0.5, 0.6) is 0 Å². The molecule has 0 saturated heterocycles. The van der Waals surface area contributed by atoms with Crippen LogP contribution in [0.4, 0.5) is 0 Å². The Morgan fingerprint density at radius 1 is 0.605 bits per heavy atom. The van der Waals surface area contributed by atoms with Gasteiger partial charge < -0.3 is 9.47 Å². The van der Waals surface area contributed by atoms with Crippen molar-refractivity contribution in [3.63, 3.8) is 0 Å². The Hall–Kier alpha value is -2.62. The van der Waals surface area contributed by atoms with Gasteiger partial charge in [-0.25, -0.2) is 9.59 Å². The lowest BCUT2D eigenvalue weighted by Gasteiger charge is -2.42. The second kappa shape index (κ2) is 8.96. The second-order valence-corrected chi connectivity index (χ2v) is 14.4. The third-order valence-electron chi connectivity index (χ3n) is 10.2. The average molecular weight is 515 g/mol. The van der Waals surface area contributed by atoms with Crippen molar-refractivity contribution < 1.29 is 19.1 Å². The first kappa shape index (κ1) is 25.6. The first-order chi connectivity index (χ1) is 17.9. The monoisotopic (exact) mass is 514 g/mol. The van der Waals surface area contributed by atoms with Crippen LogP contribution in [0.15, 0.2) is 48.5 Å². The molecule has 0 N–H and O–H groups in total. The molecular formula is C34H42O4. The first-order valence-corrected chi connectivity index (χ1v) is 14.5. The van der Waals surface area contributed by atoms with Crippen LogP contribution in [-0.2, 0) is 20.3 Å². The van der Waals surface area contributed by atoms with E-state index >= 15 is 0 Å². The minimum atomic E-state index is -0.367. The zero-order valence-electron chi connectivity index (χ0n) is 23.7. The third-order valence-corrected chi connectivity index (χ3v) is 10.2. The fourth-order valence-electron chi connectivity index (χ4n) is 8.38. The maximum absolute atomic E-state index is 13.4. The lowest BCUT2D eigenvalue weighted by Crippen LogP contribution is -2.48. The fourth-order valence-corrected chi connectivity index (χ4v) is 8.38. The summed E-state index contributed by atoms with van der Waals surface area (Å²) in [6.07, 6.45) is 4.17. The van der Waals surface area contributed by atoms with Crippen molar-refractivity contribution in [1.82, 2.24) is 0 Å². The van der Waals surface area contributed by atoms with Gasteiger partial charge in [0.05, 0.1) is 11.1 Å². The second-order valence-electron chi connectivity index (χ2n) is 14.4. The molecule has 8 unspecified atom stereocenters. The van der Waals surface area contributed by atoms with Crippen LogP contribution in [0.1, 0.15) is 99.1 Å². The van der Waals surface area contributed by atoms with E-state index in [2.05, 4.69) is 41.5 Å².